The smallest absolute Gasteiger partial charge is 0.317 e. The third-order valence-corrected chi connectivity index (χ3v) is 8.52. The van der Waals surface area contributed by atoms with Crippen LogP contribution in [0.25, 0.3) is 0 Å². The van der Waals surface area contributed by atoms with Gasteiger partial charge in [0.1, 0.15) is 11.5 Å². The molecule has 1 saturated heterocycles. The summed E-state index contributed by atoms with van der Waals surface area (Å²) >= 11 is 0. The lowest BCUT2D eigenvalue weighted by Gasteiger charge is -2.35. The van der Waals surface area contributed by atoms with Crippen LogP contribution in [0.3, 0.4) is 0 Å². The molecule has 8 nitrogen and oxygen atoms in total. The molecular formula is C31H46N4O4S. The molecule has 9 heteroatoms. The summed E-state index contributed by atoms with van der Waals surface area (Å²) in [4.78, 5) is 17.7. The molecule has 2 aliphatic rings. The van der Waals surface area contributed by atoms with E-state index in [9.17, 15) is 13.2 Å². The van der Waals surface area contributed by atoms with Gasteiger partial charge in [0.15, 0.2) is 0 Å². The van der Waals surface area contributed by atoms with Crippen LogP contribution in [0.15, 0.2) is 48.5 Å². The summed E-state index contributed by atoms with van der Waals surface area (Å²) < 4.78 is 31.1. The van der Waals surface area contributed by atoms with Crippen LogP contribution in [0.4, 0.5) is 10.5 Å². The number of sulfonamides is 1. The van der Waals surface area contributed by atoms with Crippen molar-refractivity contribution in [1.29, 1.82) is 0 Å². The first-order chi connectivity index (χ1) is 19.3. The van der Waals surface area contributed by atoms with Gasteiger partial charge >= 0.3 is 6.03 Å². The van der Waals surface area contributed by atoms with Crippen LogP contribution < -0.4 is 14.8 Å². The number of carbonyl (C=O) groups excluding carboxylic acids is 1. The van der Waals surface area contributed by atoms with Crippen LogP contribution in [-0.2, 0) is 16.6 Å². The second-order valence-corrected chi connectivity index (χ2v) is 13.2. The molecule has 4 rings (SSSR count). The summed E-state index contributed by atoms with van der Waals surface area (Å²) in [5.74, 6) is 2.04. The summed E-state index contributed by atoms with van der Waals surface area (Å²) in [6, 6.07) is 15.3. The predicted octanol–water partition coefficient (Wildman–Crippen LogP) is 6.21. The molecule has 1 saturated carbocycles. The highest BCUT2D eigenvalue weighted by Gasteiger charge is 2.25. The van der Waals surface area contributed by atoms with Crippen molar-refractivity contribution in [1.82, 2.24) is 15.1 Å². The molecule has 0 aromatic heterocycles. The Bertz CT molecular complexity index is 1160. The predicted molar refractivity (Wildman–Crippen MR) is 161 cm³/mol. The Labute approximate surface area is 240 Å². The molecule has 0 radical (unpaired) electrons. The Kier molecular flexibility index (Phi) is 11.1. The van der Waals surface area contributed by atoms with Crippen molar-refractivity contribution in [2.24, 2.45) is 5.92 Å². The second kappa shape index (κ2) is 14.7. The molecule has 2 aromatic carbocycles. The number of nitrogens with one attached hydrogen (secondary N) is 2. The van der Waals surface area contributed by atoms with Gasteiger partial charge in [-0.05, 0) is 80.0 Å². The molecule has 2 fully saturated rings. The number of carbonyl (C=O) groups is 1. The maximum absolute atomic E-state index is 13.2. The summed E-state index contributed by atoms with van der Waals surface area (Å²) in [7, 11) is -3.30. The molecule has 2 amide bonds. The number of likely N-dealkylation sites (tertiary alicyclic amines) is 1. The van der Waals surface area contributed by atoms with Crippen LogP contribution in [0, 0.1) is 5.92 Å². The third-order valence-electron chi connectivity index (χ3n) is 7.91. The van der Waals surface area contributed by atoms with E-state index in [1.165, 1.54) is 37.7 Å². The number of hydrogen-bond donors (Lipinski definition) is 2. The fraction of sp³-hybridized carbons (Fsp3) is 0.581. The Hall–Kier alpha value is -2.78. The first-order valence-electron chi connectivity index (χ1n) is 14.9. The SMILES string of the molecule is CCCCN(CC1CCCCC1)C(=O)NC1CCN(Cc2ccc(Oc3ccc(NS(C)(=O)=O)cc3)cc2)CC1. The van der Waals surface area contributed by atoms with Crippen molar-refractivity contribution in [3.05, 3.63) is 54.1 Å². The lowest BCUT2D eigenvalue weighted by Crippen LogP contribution is -2.50. The number of unbranched alkanes of at least 4 members (excludes halogenated alkanes) is 1. The van der Waals surface area contributed by atoms with Crippen molar-refractivity contribution in [2.75, 3.05) is 37.2 Å². The molecule has 40 heavy (non-hydrogen) atoms. The van der Waals surface area contributed by atoms with Gasteiger partial charge in [-0.15, -0.1) is 0 Å². The highest BCUT2D eigenvalue weighted by Crippen LogP contribution is 2.26. The van der Waals surface area contributed by atoms with Gasteiger partial charge in [0, 0.05) is 44.5 Å². The lowest BCUT2D eigenvalue weighted by atomic mass is 9.89. The normalized spacial score (nSPS) is 17.4. The number of ether oxygens (including phenoxy) is 1. The minimum atomic E-state index is -3.30. The first kappa shape index (κ1) is 30.2. The van der Waals surface area contributed by atoms with Crippen molar-refractivity contribution in [3.8, 4) is 11.5 Å². The molecule has 0 unspecified atom stereocenters. The number of rotatable bonds is 12. The zero-order valence-electron chi connectivity index (χ0n) is 24.1. The number of piperidine rings is 1. The van der Waals surface area contributed by atoms with Gasteiger partial charge in [-0.25, -0.2) is 13.2 Å². The van der Waals surface area contributed by atoms with Gasteiger partial charge in [0.05, 0.1) is 6.26 Å². The fourth-order valence-electron chi connectivity index (χ4n) is 5.67. The number of hydrogen-bond acceptors (Lipinski definition) is 5. The van der Waals surface area contributed by atoms with Crippen molar-refractivity contribution in [3.63, 3.8) is 0 Å². The zero-order valence-corrected chi connectivity index (χ0v) is 24.9. The van der Waals surface area contributed by atoms with Crippen LogP contribution in [0.5, 0.6) is 11.5 Å². The molecule has 220 valence electrons. The highest BCUT2D eigenvalue weighted by atomic mass is 32.2. The van der Waals surface area contributed by atoms with Gasteiger partial charge in [-0.2, -0.15) is 0 Å². The van der Waals surface area contributed by atoms with Gasteiger partial charge in [0.25, 0.3) is 0 Å². The lowest BCUT2D eigenvalue weighted by molar-refractivity contribution is 0.157. The number of urea groups is 1. The monoisotopic (exact) mass is 570 g/mol. The van der Waals surface area contributed by atoms with E-state index in [2.05, 4.69) is 38.9 Å². The van der Waals surface area contributed by atoms with E-state index in [0.29, 0.717) is 17.4 Å². The highest BCUT2D eigenvalue weighted by molar-refractivity contribution is 7.92. The largest absolute Gasteiger partial charge is 0.457 e. The number of benzene rings is 2. The van der Waals surface area contributed by atoms with E-state index in [4.69, 9.17) is 4.74 Å². The minimum Gasteiger partial charge on any atom is -0.457 e. The van der Waals surface area contributed by atoms with Crippen LogP contribution in [0.1, 0.15) is 70.3 Å². The van der Waals surface area contributed by atoms with Crippen molar-refractivity contribution in [2.45, 2.75) is 77.3 Å². The van der Waals surface area contributed by atoms with E-state index >= 15 is 0 Å². The summed E-state index contributed by atoms with van der Waals surface area (Å²) in [6.45, 7) is 6.77. The summed E-state index contributed by atoms with van der Waals surface area (Å²) in [5, 5.41) is 3.36. The molecule has 0 bridgehead atoms. The summed E-state index contributed by atoms with van der Waals surface area (Å²) in [5.41, 5.74) is 1.72. The van der Waals surface area contributed by atoms with E-state index < -0.39 is 10.0 Å². The molecule has 1 aliphatic carbocycles. The number of anilines is 1. The Morgan fingerprint density at radius 3 is 2.17 bits per heavy atom. The maximum atomic E-state index is 13.2. The van der Waals surface area contributed by atoms with Crippen LogP contribution in [0.2, 0.25) is 0 Å². The van der Waals surface area contributed by atoms with Gasteiger partial charge in [0.2, 0.25) is 10.0 Å². The third kappa shape index (κ3) is 10.0. The zero-order chi connectivity index (χ0) is 28.4. The van der Waals surface area contributed by atoms with Gasteiger partial charge in [-0.1, -0.05) is 44.7 Å². The standard InChI is InChI=1S/C31H46N4O4S/c1-3-4-20-35(24-25-8-6-5-7-9-25)31(36)32-27-18-21-34(22-19-27)23-26-10-14-29(15-11-26)39-30-16-12-28(13-17-30)33-40(2,37)38/h10-17,25,27,33H,3-9,18-24H2,1-2H3,(H,32,36). The molecular weight excluding hydrogens is 524 g/mol. The van der Waals surface area contributed by atoms with E-state index in [1.54, 1.807) is 24.3 Å². The Morgan fingerprint density at radius 1 is 0.950 bits per heavy atom. The second-order valence-electron chi connectivity index (χ2n) is 11.4. The quantitative estimate of drug-likeness (QED) is 0.317. The molecule has 1 heterocycles. The Balaban J connectivity index is 1.20. The molecule has 0 atom stereocenters. The number of amides is 2. The molecule has 2 aromatic rings. The minimum absolute atomic E-state index is 0.134. The first-order valence-corrected chi connectivity index (χ1v) is 16.8. The molecule has 1 aliphatic heterocycles. The van der Waals surface area contributed by atoms with Gasteiger partial charge in [-0.3, -0.25) is 9.62 Å². The Morgan fingerprint density at radius 2 is 1.57 bits per heavy atom. The van der Waals surface area contributed by atoms with Crippen LogP contribution in [-0.4, -0.2) is 62.7 Å². The van der Waals surface area contributed by atoms with Crippen molar-refractivity contribution < 1.29 is 17.9 Å². The van der Waals surface area contributed by atoms with Crippen molar-refractivity contribution >= 4 is 21.7 Å². The van der Waals surface area contributed by atoms with E-state index in [-0.39, 0.29) is 12.1 Å². The average Bonchev–Trinajstić information content (AvgIpc) is 2.94. The van der Waals surface area contributed by atoms with Crippen LogP contribution >= 0.6 is 0 Å². The van der Waals surface area contributed by atoms with E-state index in [1.807, 2.05) is 12.1 Å². The molecule has 2 N–H and O–H groups in total. The summed E-state index contributed by atoms with van der Waals surface area (Å²) in [6.07, 6.45) is 11.7. The topological polar surface area (TPSA) is 91.0 Å². The van der Waals surface area contributed by atoms with E-state index in [0.717, 1.165) is 70.4 Å². The maximum Gasteiger partial charge on any atom is 0.317 e. The molecule has 0 spiro atoms. The number of nitrogens with zero attached hydrogens (tertiary/aromatic N) is 2. The average molecular weight is 571 g/mol. The fourth-order valence-corrected chi connectivity index (χ4v) is 6.23. The van der Waals surface area contributed by atoms with Gasteiger partial charge < -0.3 is 15.0 Å².